The summed E-state index contributed by atoms with van der Waals surface area (Å²) < 4.78 is 0. The maximum absolute atomic E-state index is 12.0. The maximum Gasteiger partial charge on any atom is 0.255 e. The zero-order valence-corrected chi connectivity index (χ0v) is 9.89. The van der Waals surface area contributed by atoms with Gasteiger partial charge in [-0.25, -0.2) is 0 Å². The summed E-state index contributed by atoms with van der Waals surface area (Å²) in [5.74, 6) is -0.163. The lowest BCUT2D eigenvalue weighted by Crippen LogP contribution is -2.13. The van der Waals surface area contributed by atoms with E-state index in [-0.39, 0.29) is 5.91 Å². The summed E-state index contributed by atoms with van der Waals surface area (Å²) >= 11 is 0. The topological polar surface area (TPSA) is 55.1 Å². The van der Waals surface area contributed by atoms with Gasteiger partial charge in [0.1, 0.15) is 0 Å². The standard InChI is InChI=1S/C15H14N2O/c1-2-12-13(16)9-6-10-14(12)17-15(18)11-7-4-3-5-8-11/h2-10H,1,16H2,(H,17,18). The molecule has 0 radical (unpaired) electrons. The van der Waals surface area contributed by atoms with Crippen LogP contribution in [0.5, 0.6) is 0 Å². The molecule has 0 aliphatic carbocycles. The van der Waals surface area contributed by atoms with Crippen LogP contribution in [0.1, 0.15) is 15.9 Å². The highest BCUT2D eigenvalue weighted by Crippen LogP contribution is 2.23. The van der Waals surface area contributed by atoms with Crippen molar-refractivity contribution in [2.45, 2.75) is 0 Å². The highest BCUT2D eigenvalue weighted by molar-refractivity contribution is 6.05. The van der Waals surface area contributed by atoms with E-state index in [1.165, 1.54) is 0 Å². The van der Waals surface area contributed by atoms with Crippen LogP contribution in [0.15, 0.2) is 55.1 Å². The fourth-order valence-electron chi connectivity index (χ4n) is 1.70. The SMILES string of the molecule is C=Cc1c(N)cccc1NC(=O)c1ccccc1. The molecular weight excluding hydrogens is 224 g/mol. The molecule has 0 fully saturated rings. The molecule has 3 nitrogen and oxygen atoms in total. The fourth-order valence-corrected chi connectivity index (χ4v) is 1.70. The number of amides is 1. The molecule has 3 N–H and O–H groups in total. The fraction of sp³-hybridized carbons (Fsp3) is 0. The molecule has 0 bridgehead atoms. The maximum atomic E-state index is 12.0. The molecule has 0 saturated carbocycles. The third-order valence-corrected chi connectivity index (χ3v) is 2.63. The van der Waals surface area contributed by atoms with Gasteiger partial charge in [0.15, 0.2) is 0 Å². The smallest absolute Gasteiger partial charge is 0.255 e. The zero-order valence-electron chi connectivity index (χ0n) is 9.89. The minimum Gasteiger partial charge on any atom is -0.398 e. The Balaban J connectivity index is 2.28. The minimum absolute atomic E-state index is 0.163. The molecule has 2 aromatic carbocycles. The van der Waals surface area contributed by atoms with Gasteiger partial charge in [0, 0.05) is 16.8 Å². The van der Waals surface area contributed by atoms with E-state index in [1.54, 1.807) is 36.4 Å². The van der Waals surface area contributed by atoms with Crippen molar-refractivity contribution in [3.8, 4) is 0 Å². The van der Waals surface area contributed by atoms with Gasteiger partial charge in [-0.3, -0.25) is 4.79 Å². The molecule has 0 heterocycles. The zero-order chi connectivity index (χ0) is 13.0. The van der Waals surface area contributed by atoms with Crippen molar-refractivity contribution in [1.82, 2.24) is 0 Å². The summed E-state index contributed by atoms with van der Waals surface area (Å²) in [5.41, 5.74) is 8.43. The summed E-state index contributed by atoms with van der Waals surface area (Å²) in [6, 6.07) is 14.4. The van der Waals surface area contributed by atoms with Crippen LogP contribution in [0.2, 0.25) is 0 Å². The van der Waals surface area contributed by atoms with E-state index in [4.69, 9.17) is 5.73 Å². The van der Waals surface area contributed by atoms with E-state index < -0.39 is 0 Å². The lowest BCUT2D eigenvalue weighted by atomic mass is 10.1. The van der Waals surface area contributed by atoms with Crippen LogP contribution in [0.4, 0.5) is 11.4 Å². The van der Waals surface area contributed by atoms with E-state index in [1.807, 2.05) is 18.2 Å². The second-order valence-electron chi connectivity index (χ2n) is 3.83. The van der Waals surface area contributed by atoms with Gasteiger partial charge < -0.3 is 11.1 Å². The average Bonchev–Trinajstić information content (AvgIpc) is 2.40. The Labute approximate surface area is 106 Å². The first-order chi connectivity index (χ1) is 8.72. The summed E-state index contributed by atoms with van der Waals surface area (Å²) in [5, 5.41) is 2.83. The number of nitrogen functional groups attached to an aromatic ring is 1. The van der Waals surface area contributed by atoms with Crippen molar-refractivity contribution in [3.63, 3.8) is 0 Å². The van der Waals surface area contributed by atoms with Crippen LogP contribution >= 0.6 is 0 Å². The number of hydrogen-bond donors (Lipinski definition) is 2. The van der Waals surface area contributed by atoms with E-state index in [0.717, 1.165) is 5.56 Å². The molecule has 0 spiro atoms. The van der Waals surface area contributed by atoms with E-state index in [2.05, 4.69) is 11.9 Å². The van der Waals surface area contributed by atoms with Crippen LogP contribution < -0.4 is 11.1 Å². The van der Waals surface area contributed by atoms with Gasteiger partial charge in [0.2, 0.25) is 0 Å². The van der Waals surface area contributed by atoms with Crippen molar-refractivity contribution in [2.75, 3.05) is 11.1 Å². The second-order valence-corrected chi connectivity index (χ2v) is 3.83. The summed E-state index contributed by atoms with van der Waals surface area (Å²) in [7, 11) is 0. The molecule has 0 aliphatic heterocycles. The lowest BCUT2D eigenvalue weighted by Gasteiger charge is -2.10. The number of nitrogens with two attached hydrogens (primary N) is 1. The van der Waals surface area contributed by atoms with Gasteiger partial charge >= 0.3 is 0 Å². The number of nitrogens with one attached hydrogen (secondary N) is 1. The molecule has 0 aromatic heterocycles. The van der Waals surface area contributed by atoms with Gasteiger partial charge in [0.05, 0.1) is 5.69 Å². The number of anilines is 2. The van der Waals surface area contributed by atoms with Gasteiger partial charge in [-0.05, 0) is 24.3 Å². The van der Waals surface area contributed by atoms with Gasteiger partial charge in [-0.15, -0.1) is 0 Å². The molecule has 18 heavy (non-hydrogen) atoms. The van der Waals surface area contributed by atoms with Crippen LogP contribution in [0, 0.1) is 0 Å². The Kier molecular flexibility index (Phi) is 3.44. The molecule has 2 aromatic rings. The van der Waals surface area contributed by atoms with E-state index >= 15 is 0 Å². The molecule has 90 valence electrons. The van der Waals surface area contributed by atoms with Crippen molar-refractivity contribution in [1.29, 1.82) is 0 Å². The second kappa shape index (κ2) is 5.19. The van der Waals surface area contributed by atoms with E-state index in [0.29, 0.717) is 16.9 Å². The molecule has 1 amide bonds. The predicted octanol–water partition coefficient (Wildman–Crippen LogP) is 3.16. The number of rotatable bonds is 3. The van der Waals surface area contributed by atoms with Gasteiger partial charge in [-0.1, -0.05) is 36.9 Å². The largest absolute Gasteiger partial charge is 0.398 e. The third-order valence-electron chi connectivity index (χ3n) is 2.63. The molecular formula is C15H14N2O. The van der Waals surface area contributed by atoms with Crippen molar-refractivity contribution >= 4 is 23.4 Å². The minimum atomic E-state index is -0.163. The molecule has 0 aliphatic rings. The molecule has 2 rings (SSSR count). The van der Waals surface area contributed by atoms with E-state index in [9.17, 15) is 4.79 Å². The molecule has 3 heteroatoms. The third kappa shape index (κ3) is 2.40. The number of benzene rings is 2. The first-order valence-corrected chi connectivity index (χ1v) is 5.59. The first-order valence-electron chi connectivity index (χ1n) is 5.59. The summed E-state index contributed by atoms with van der Waals surface area (Å²) in [4.78, 5) is 12.0. The highest BCUT2D eigenvalue weighted by atomic mass is 16.1. The summed E-state index contributed by atoms with van der Waals surface area (Å²) in [6.07, 6.45) is 1.63. The van der Waals surface area contributed by atoms with Gasteiger partial charge in [-0.2, -0.15) is 0 Å². The van der Waals surface area contributed by atoms with Crippen LogP contribution in [0.25, 0.3) is 6.08 Å². The number of hydrogen-bond acceptors (Lipinski definition) is 2. The Bertz CT molecular complexity index is 576. The van der Waals surface area contributed by atoms with Crippen molar-refractivity contribution < 1.29 is 4.79 Å². The first kappa shape index (κ1) is 11.9. The quantitative estimate of drug-likeness (QED) is 0.807. The predicted molar refractivity (Wildman–Crippen MR) is 75.3 cm³/mol. The normalized spacial score (nSPS) is 9.78. The molecule has 0 unspecified atom stereocenters. The Morgan fingerprint density at radius 1 is 1.11 bits per heavy atom. The molecule has 0 atom stereocenters. The Morgan fingerprint density at radius 3 is 2.50 bits per heavy atom. The Morgan fingerprint density at radius 2 is 1.83 bits per heavy atom. The average molecular weight is 238 g/mol. The summed E-state index contributed by atoms with van der Waals surface area (Å²) in [6.45, 7) is 3.70. The lowest BCUT2D eigenvalue weighted by molar-refractivity contribution is 0.102. The van der Waals surface area contributed by atoms with Crippen LogP contribution in [-0.2, 0) is 0 Å². The number of carbonyl (C=O) groups is 1. The highest BCUT2D eigenvalue weighted by Gasteiger charge is 2.08. The Hall–Kier alpha value is -2.55. The van der Waals surface area contributed by atoms with Gasteiger partial charge in [0.25, 0.3) is 5.91 Å². The monoisotopic (exact) mass is 238 g/mol. The number of carbonyl (C=O) groups excluding carboxylic acids is 1. The van der Waals surface area contributed by atoms with Crippen molar-refractivity contribution in [3.05, 3.63) is 66.2 Å². The van der Waals surface area contributed by atoms with Crippen molar-refractivity contribution in [2.24, 2.45) is 0 Å². The van der Waals surface area contributed by atoms with Crippen LogP contribution in [-0.4, -0.2) is 5.91 Å². The van der Waals surface area contributed by atoms with Crippen LogP contribution in [0.3, 0.4) is 0 Å². The molecule has 0 saturated heterocycles.